The molecule has 1 N–H and O–H groups in total. The quantitative estimate of drug-likeness (QED) is 0.939. The first-order valence-electron chi connectivity index (χ1n) is 6.25. The van der Waals surface area contributed by atoms with Gasteiger partial charge in [0.2, 0.25) is 5.16 Å². The summed E-state index contributed by atoms with van der Waals surface area (Å²) in [6.07, 6.45) is -2.62. The van der Waals surface area contributed by atoms with Gasteiger partial charge in [0.05, 0.1) is 18.2 Å². The fourth-order valence-electron chi connectivity index (χ4n) is 1.89. The number of alkyl halides is 3. The van der Waals surface area contributed by atoms with Crippen molar-refractivity contribution < 1.29 is 18.3 Å². The van der Waals surface area contributed by atoms with Gasteiger partial charge in [-0.25, -0.2) is 4.68 Å². The van der Waals surface area contributed by atoms with Gasteiger partial charge in [-0.1, -0.05) is 6.07 Å². The topological polar surface area (TPSA) is 63.8 Å². The van der Waals surface area contributed by atoms with Gasteiger partial charge in [-0.3, -0.25) is 0 Å². The molecular formula is C12H11F3N4OS. The summed E-state index contributed by atoms with van der Waals surface area (Å²) in [4.78, 5) is 0.0244. The number of rotatable bonds is 4. The summed E-state index contributed by atoms with van der Waals surface area (Å²) >= 11 is 0.887. The molecule has 3 rings (SSSR count). The van der Waals surface area contributed by atoms with E-state index in [0.717, 1.165) is 30.7 Å². The maximum atomic E-state index is 13.1. The van der Waals surface area contributed by atoms with E-state index in [9.17, 15) is 13.2 Å². The minimum Gasteiger partial charge on any atom is -0.392 e. The number of hydrogen-bond acceptors (Lipinski definition) is 5. The second-order valence-corrected chi connectivity index (χ2v) is 5.73. The lowest BCUT2D eigenvalue weighted by Gasteiger charge is -2.13. The van der Waals surface area contributed by atoms with Crippen LogP contribution in [-0.4, -0.2) is 25.3 Å². The third-order valence-electron chi connectivity index (χ3n) is 3.09. The summed E-state index contributed by atoms with van der Waals surface area (Å²) in [6.45, 7) is -0.437. The lowest BCUT2D eigenvalue weighted by atomic mass is 10.1. The Bertz CT molecular complexity index is 654. The molecule has 112 valence electrons. The molecule has 0 atom stereocenters. The van der Waals surface area contributed by atoms with E-state index in [4.69, 9.17) is 5.11 Å². The first-order chi connectivity index (χ1) is 9.99. The Kier molecular flexibility index (Phi) is 3.62. The first-order valence-corrected chi connectivity index (χ1v) is 7.07. The van der Waals surface area contributed by atoms with E-state index in [1.165, 1.54) is 12.1 Å². The summed E-state index contributed by atoms with van der Waals surface area (Å²) in [5.41, 5.74) is -0.571. The first kappa shape index (κ1) is 14.3. The SMILES string of the molecule is OCc1ccc(Sc2nnnn2C2CC2)c(C(F)(F)F)c1. The lowest BCUT2D eigenvalue weighted by molar-refractivity contribution is -0.139. The predicted molar refractivity (Wildman–Crippen MR) is 67.6 cm³/mol. The molecule has 21 heavy (non-hydrogen) atoms. The smallest absolute Gasteiger partial charge is 0.392 e. The number of benzene rings is 1. The molecule has 5 nitrogen and oxygen atoms in total. The molecule has 0 spiro atoms. The second kappa shape index (κ2) is 5.30. The average Bonchev–Trinajstić information content (AvgIpc) is 3.18. The fraction of sp³-hybridized carbons (Fsp3) is 0.417. The van der Waals surface area contributed by atoms with Crippen molar-refractivity contribution in [3.05, 3.63) is 29.3 Å². The molecule has 1 fully saturated rings. The van der Waals surface area contributed by atoms with E-state index in [-0.39, 0.29) is 16.5 Å². The van der Waals surface area contributed by atoms with Crippen LogP contribution in [0.4, 0.5) is 13.2 Å². The number of aliphatic hydroxyl groups is 1. The molecule has 0 bridgehead atoms. The maximum Gasteiger partial charge on any atom is 0.417 e. The largest absolute Gasteiger partial charge is 0.417 e. The highest BCUT2D eigenvalue weighted by atomic mass is 32.2. The Balaban J connectivity index is 1.95. The van der Waals surface area contributed by atoms with E-state index < -0.39 is 18.3 Å². The van der Waals surface area contributed by atoms with Crippen LogP contribution < -0.4 is 0 Å². The van der Waals surface area contributed by atoms with Crippen molar-refractivity contribution in [3.63, 3.8) is 0 Å². The molecule has 0 saturated heterocycles. The van der Waals surface area contributed by atoms with Crippen LogP contribution >= 0.6 is 11.8 Å². The molecule has 9 heteroatoms. The molecule has 1 aliphatic carbocycles. The molecule has 0 amide bonds. The molecular weight excluding hydrogens is 305 g/mol. The number of aliphatic hydroxyl groups excluding tert-OH is 1. The Morgan fingerprint density at radius 3 is 2.71 bits per heavy atom. The van der Waals surface area contributed by atoms with Crippen molar-refractivity contribution in [1.29, 1.82) is 0 Å². The highest BCUT2D eigenvalue weighted by Gasteiger charge is 2.35. The van der Waals surface area contributed by atoms with Crippen molar-refractivity contribution in [2.75, 3.05) is 0 Å². The Morgan fingerprint density at radius 2 is 2.10 bits per heavy atom. The highest BCUT2D eigenvalue weighted by molar-refractivity contribution is 7.99. The normalized spacial score (nSPS) is 15.4. The number of halogens is 3. The molecule has 1 heterocycles. The minimum absolute atomic E-state index is 0.0244. The van der Waals surface area contributed by atoms with Gasteiger partial charge in [-0.05, 0) is 52.7 Å². The lowest BCUT2D eigenvalue weighted by Crippen LogP contribution is -2.08. The Hall–Kier alpha value is -1.61. The fourth-order valence-corrected chi connectivity index (χ4v) is 2.86. The molecule has 1 saturated carbocycles. The molecule has 1 aromatic carbocycles. The van der Waals surface area contributed by atoms with E-state index in [2.05, 4.69) is 15.5 Å². The average molecular weight is 316 g/mol. The molecule has 0 unspecified atom stereocenters. The van der Waals surface area contributed by atoms with Crippen LogP contribution in [0.5, 0.6) is 0 Å². The van der Waals surface area contributed by atoms with Crippen LogP contribution in [0.25, 0.3) is 0 Å². The van der Waals surface area contributed by atoms with Gasteiger partial charge >= 0.3 is 6.18 Å². The van der Waals surface area contributed by atoms with Crippen LogP contribution in [-0.2, 0) is 12.8 Å². The second-order valence-electron chi connectivity index (χ2n) is 4.73. The van der Waals surface area contributed by atoms with Gasteiger partial charge < -0.3 is 5.11 Å². The molecule has 1 aromatic heterocycles. The van der Waals surface area contributed by atoms with Gasteiger partial charge in [0.1, 0.15) is 0 Å². The van der Waals surface area contributed by atoms with Crippen LogP contribution in [0.2, 0.25) is 0 Å². The van der Waals surface area contributed by atoms with Gasteiger partial charge in [0.15, 0.2) is 0 Å². The molecule has 0 radical (unpaired) electrons. The zero-order chi connectivity index (χ0) is 15.0. The summed E-state index contributed by atoms with van der Waals surface area (Å²) in [5, 5.41) is 20.5. The van der Waals surface area contributed by atoms with E-state index in [0.29, 0.717) is 5.16 Å². The third kappa shape index (κ3) is 3.03. The van der Waals surface area contributed by atoms with Gasteiger partial charge in [-0.2, -0.15) is 13.2 Å². The standard InChI is InChI=1S/C12H11F3N4OS/c13-12(14,15)9-5-7(6-20)1-4-10(9)21-11-16-17-18-19(11)8-2-3-8/h1,4-5,8,20H,2-3,6H2. The summed E-state index contributed by atoms with van der Waals surface area (Å²) in [6, 6.07) is 3.94. The van der Waals surface area contributed by atoms with Crippen LogP contribution in [0.3, 0.4) is 0 Å². The summed E-state index contributed by atoms with van der Waals surface area (Å²) in [7, 11) is 0. The predicted octanol–water partition coefficient (Wildman–Crippen LogP) is 2.67. The Labute approximate surface area is 122 Å². The van der Waals surface area contributed by atoms with Gasteiger partial charge in [0, 0.05) is 4.90 Å². The van der Waals surface area contributed by atoms with Gasteiger partial charge in [0.25, 0.3) is 0 Å². The van der Waals surface area contributed by atoms with Crippen molar-refractivity contribution >= 4 is 11.8 Å². The van der Waals surface area contributed by atoms with Crippen LogP contribution in [0.15, 0.2) is 28.3 Å². The van der Waals surface area contributed by atoms with E-state index >= 15 is 0 Å². The van der Waals surface area contributed by atoms with E-state index in [1.54, 1.807) is 4.68 Å². The molecule has 0 aliphatic heterocycles. The molecule has 2 aromatic rings. The zero-order valence-corrected chi connectivity index (χ0v) is 11.5. The van der Waals surface area contributed by atoms with Gasteiger partial charge in [-0.15, -0.1) is 5.10 Å². The monoisotopic (exact) mass is 316 g/mol. The van der Waals surface area contributed by atoms with E-state index in [1.807, 2.05) is 0 Å². The summed E-state index contributed by atoms with van der Waals surface area (Å²) in [5.74, 6) is 0. The minimum atomic E-state index is -4.49. The molecule has 1 aliphatic rings. The van der Waals surface area contributed by atoms with Crippen LogP contribution in [0, 0.1) is 0 Å². The number of tetrazole rings is 1. The summed E-state index contributed by atoms with van der Waals surface area (Å²) < 4.78 is 40.9. The third-order valence-corrected chi connectivity index (χ3v) is 4.12. The number of nitrogens with zero attached hydrogens (tertiary/aromatic N) is 4. The van der Waals surface area contributed by atoms with Crippen molar-refractivity contribution in [2.24, 2.45) is 0 Å². The number of hydrogen-bond donors (Lipinski definition) is 1. The maximum absolute atomic E-state index is 13.1. The Morgan fingerprint density at radius 1 is 1.33 bits per heavy atom. The van der Waals surface area contributed by atoms with Crippen molar-refractivity contribution in [2.45, 2.75) is 41.7 Å². The van der Waals surface area contributed by atoms with Crippen molar-refractivity contribution in [1.82, 2.24) is 20.2 Å². The van der Waals surface area contributed by atoms with Crippen LogP contribution in [0.1, 0.15) is 30.0 Å². The van der Waals surface area contributed by atoms with Crippen molar-refractivity contribution in [3.8, 4) is 0 Å². The highest BCUT2D eigenvalue weighted by Crippen LogP contribution is 2.42. The number of aromatic nitrogens is 4. The zero-order valence-electron chi connectivity index (χ0n) is 10.7.